The van der Waals surface area contributed by atoms with Crippen LogP contribution in [-0.4, -0.2) is 18.1 Å². The van der Waals surface area contributed by atoms with E-state index in [0.717, 1.165) is 23.5 Å². The summed E-state index contributed by atoms with van der Waals surface area (Å²) < 4.78 is 0. The summed E-state index contributed by atoms with van der Waals surface area (Å²) in [7, 11) is 0. The Morgan fingerprint density at radius 3 is 2.59 bits per heavy atom. The van der Waals surface area contributed by atoms with E-state index in [4.69, 9.17) is 11.6 Å². The molecule has 1 aromatic carbocycles. The Morgan fingerprint density at radius 1 is 1.12 bits per heavy atom. The monoisotopic (exact) mass is 246 g/mol. The number of hydrogen-bond donors (Lipinski definition) is 1. The number of rotatable bonds is 1. The molecule has 0 amide bonds. The molecule has 3 heteroatoms. The van der Waals surface area contributed by atoms with Gasteiger partial charge in [-0.15, -0.1) is 0 Å². The Morgan fingerprint density at radius 2 is 1.82 bits per heavy atom. The largest absolute Gasteiger partial charge is 0.317 e. The highest BCUT2D eigenvalue weighted by molar-refractivity contribution is 6.35. The molecule has 1 saturated heterocycles. The predicted molar refractivity (Wildman–Crippen MR) is 71.6 cm³/mol. The molecule has 3 rings (SSSR count). The van der Waals surface area contributed by atoms with E-state index in [2.05, 4.69) is 28.5 Å². The van der Waals surface area contributed by atoms with Gasteiger partial charge < -0.3 is 5.32 Å². The minimum Gasteiger partial charge on any atom is -0.317 e. The van der Waals surface area contributed by atoms with Crippen molar-refractivity contribution in [3.05, 3.63) is 41.2 Å². The number of fused-ring (bicyclic) bond motifs is 1. The Kier molecular flexibility index (Phi) is 3.00. The van der Waals surface area contributed by atoms with Crippen LogP contribution >= 0.6 is 11.6 Å². The third kappa shape index (κ3) is 2.03. The highest BCUT2D eigenvalue weighted by atomic mass is 35.5. The molecule has 0 saturated carbocycles. The molecule has 0 bridgehead atoms. The van der Waals surface area contributed by atoms with Gasteiger partial charge in [0.15, 0.2) is 0 Å². The van der Waals surface area contributed by atoms with Gasteiger partial charge >= 0.3 is 0 Å². The third-order valence-corrected chi connectivity index (χ3v) is 3.80. The molecule has 0 radical (unpaired) electrons. The SMILES string of the molecule is Clc1cnc(C2CCNCC2)c2ccccc12. The number of piperidine rings is 1. The van der Waals surface area contributed by atoms with E-state index in [-0.39, 0.29) is 0 Å². The molecule has 1 aromatic heterocycles. The lowest BCUT2D eigenvalue weighted by Crippen LogP contribution is -2.27. The first-order valence-corrected chi connectivity index (χ1v) is 6.48. The minimum absolute atomic E-state index is 0.568. The zero-order valence-electron chi connectivity index (χ0n) is 9.62. The van der Waals surface area contributed by atoms with Gasteiger partial charge in [0.05, 0.1) is 10.7 Å². The highest BCUT2D eigenvalue weighted by Crippen LogP contribution is 2.32. The summed E-state index contributed by atoms with van der Waals surface area (Å²) in [6, 6.07) is 8.29. The minimum atomic E-state index is 0.568. The van der Waals surface area contributed by atoms with Crippen molar-refractivity contribution in [1.29, 1.82) is 0 Å². The first kappa shape index (κ1) is 11.0. The molecule has 2 heterocycles. The summed E-state index contributed by atoms with van der Waals surface area (Å²) in [5.74, 6) is 0.568. The Balaban J connectivity index is 2.12. The predicted octanol–water partition coefficient (Wildman–Crippen LogP) is 3.36. The van der Waals surface area contributed by atoms with Crippen LogP contribution in [0, 0.1) is 0 Å². The first-order valence-electron chi connectivity index (χ1n) is 6.10. The fraction of sp³-hybridized carbons (Fsp3) is 0.357. The van der Waals surface area contributed by atoms with E-state index >= 15 is 0 Å². The number of pyridine rings is 1. The molecule has 0 unspecified atom stereocenters. The standard InChI is InChI=1S/C14H15ClN2/c15-13-9-17-14(10-5-7-16-8-6-10)12-4-2-1-3-11(12)13/h1-4,9-10,16H,5-8H2. The Labute approximate surface area is 106 Å². The van der Waals surface area contributed by atoms with Crippen LogP contribution < -0.4 is 5.32 Å². The van der Waals surface area contributed by atoms with Gasteiger partial charge in [0, 0.05) is 22.9 Å². The van der Waals surface area contributed by atoms with Crippen molar-refractivity contribution in [3.8, 4) is 0 Å². The summed E-state index contributed by atoms with van der Waals surface area (Å²) in [6.07, 6.45) is 4.12. The molecule has 17 heavy (non-hydrogen) atoms. The smallest absolute Gasteiger partial charge is 0.0667 e. The molecular weight excluding hydrogens is 232 g/mol. The van der Waals surface area contributed by atoms with Crippen molar-refractivity contribution in [2.75, 3.05) is 13.1 Å². The van der Waals surface area contributed by atoms with Crippen molar-refractivity contribution >= 4 is 22.4 Å². The molecule has 0 aliphatic carbocycles. The third-order valence-electron chi connectivity index (χ3n) is 3.50. The summed E-state index contributed by atoms with van der Waals surface area (Å²) in [5.41, 5.74) is 1.21. The van der Waals surface area contributed by atoms with Crippen molar-refractivity contribution in [2.45, 2.75) is 18.8 Å². The Hall–Kier alpha value is -1.12. The normalized spacial score (nSPS) is 17.5. The number of nitrogens with one attached hydrogen (secondary N) is 1. The lowest BCUT2D eigenvalue weighted by atomic mass is 9.91. The van der Waals surface area contributed by atoms with Gasteiger partial charge in [-0.05, 0) is 25.9 Å². The lowest BCUT2D eigenvalue weighted by molar-refractivity contribution is 0.455. The number of aromatic nitrogens is 1. The maximum absolute atomic E-state index is 6.19. The molecule has 1 N–H and O–H groups in total. The summed E-state index contributed by atoms with van der Waals surface area (Å²) in [6.45, 7) is 2.17. The van der Waals surface area contributed by atoms with Crippen LogP contribution in [0.1, 0.15) is 24.5 Å². The number of nitrogens with zero attached hydrogens (tertiary/aromatic N) is 1. The van der Waals surface area contributed by atoms with E-state index in [0.29, 0.717) is 5.92 Å². The second-order valence-electron chi connectivity index (χ2n) is 4.56. The van der Waals surface area contributed by atoms with Crippen LogP contribution in [0.25, 0.3) is 10.8 Å². The summed E-state index contributed by atoms with van der Waals surface area (Å²) >= 11 is 6.19. The number of halogens is 1. The summed E-state index contributed by atoms with van der Waals surface area (Å²) in [4.78, 5) is 4.57. The topological polar surface area (TPSA) is 24.9 Å². The molecule has 1 fully saturated rings. The van der Waals surface area contributed by atoms with Gasteiger partial charge in [-0.2, -0.15) is 0 Å². The Bertz CT molecular complexity index is 533. The fourth-order valence-corrected chi connectivity index (χ4v) is 2.81. The fourth-order valence-electron chi connectivity index (χ4n) is 2.60. The van der Waals surface area contributed by atoms with Gasteiger partial charge in [0.1, 0.15) is 0 Å². The van der Waals surface area contributed by atoms with E-state index in [9.17, 15) is 0 Å². The van der Waals surface area contributed by atoms with E-state index in [1.165, 1.54) is 23.9 Å². The lowest BCUT2D eigenvalue weighted by Gasteiger charge is -2.23. The first-order chi connectivity index (χ1) is 8.36. The van der Waals surface area contributed by atoms with Gasteiger partial charge in [-0.1, -0.05) is 35.9 Å². The van der Waals surface area contributed by atoms with Gasteiger partial charge in [0.25, 0.3) is 0 Å². The van der Waals surface area contributed by atoms with Crippen LogP contribution in [0.4, 0.5) is 0 Å². The molecule has 1 aliphatic rings. The number of benzene rings is 1. The van der Waals surface area contributed by atoms with Crippen molar-refractivity contribution < 1.29 is 0 Å². The maximum Gasteiger partial charge on any atom is 0.0667 e. The average Bonchev–Trinajstić information content (AvgIpc) is 2.41. The molecule has 88 valence electrons. The molecular formula is C14H15ClN2. The molecule has 0 spiro atoms. The zero-order chi connectivity index (χ0) is 11.7. The maximum atomic E-state index is 6.19. The highest BCUT2D eigenvalue weighted by Gasteiger charge is 2.19. The quantitative estimate of drug-likeness (QED) is 0.835. The van der Waals surface area contributed by atoms with Gasteiger partial charge in [-0.3, -0.25) is 4.98 Å². The van der Waals surface area contributed by atoms with Crippen LogP contribution in [0.2, 0.25) is 5.02 Å². The van der Waals surface area contributed by atoms with Crippen LogP contribution in [0.5, 0.6) is 0 Å². The molecule has 1 aliphatic heterocycles. The van der Waals surface area contributed by atoms with Crippen LogP contribution in [0.3, 0.4) is 0 Å². The van der Waals surface area contributed by atoms with Crippen LogP contribution in [-0.2, 0) is 0 Å². The molecule has 2 nitrogen and oxygen atoms in total. The second kappa shape index (κ2) is 4.63. The average molecular weight is 247 g/mol. The second-order valence-corrected chi connectivity index (χ2v) is 4.97. The van der Waals surface area contributed by atoms with Crippen molar-refractivity contribution in [3.63, 3.8) is 0 Å². The van der Waals surface area contributed by atoms with Crippen molar-refractivity contribution in [2.24, 2.45) is 0 Å². The number of hydrogen-bond acceptors (Lipinski definition) is 2. The zero-order valence-corrected chi connectivity index (χ0v) is 10.4. The van der Waals surface area contributed by atoms with Crippen molar-refractivity contribution in [1.82, 2.24) is 10.3 Å². The molecule has 2 aromatic rings. The molecule has 0 atom stereocenters. The van der Waals surface area contributed by atoms with E-state index < -0.39 is 0 Å². The van der Waals surface area contributed by atoms with Crippen LogP contribution in [0.15, 0.2) is 30.5 Å². The van der Waals surface area contributed by atoms with Gasteiger partial charge in [0.2, 0.25) is 0 Å². The van der Waals surface area contributed by atoms with Gasteiger partial charge in [-0.25, -0.2) is 0 Å². The van der Waals surface area contributed by atoms with E-state index in [1.54, 1.807) is 6.20 Å². The van der Waals surface area contributed by atoms with E-state index in [1.807, 2.05) is 6.07 Å². The summed E-state index contributed by atoms with van der Waals surface area (Å²) in [5, 5.41) is 6.48.